The number of rotatable bonds is 5. The van der Waals surface area contributed by atoms with E-state index < -0.39 is 76.1 Å². The number of Topliss-reactive ketones (excluding diaryl/α,β-unsaturated/α-hetero) is 4. The second-order valence-electron chi connectivity index (χ2n) is 11.8. The summed E-state index contributed by atoms with van der Waals surface area (Å²) in [6.07, 6.45) is 0.0421. The fourth-order valence-electron chi connectivity index (χ4n) is 6.95. The summed E-state index contributed by atoms with van der Waals surface area (Å²) < 4.78 is 0. The third-order valence-corrected chi connectivity index (χ3v) is 8.80. The first-order valence-electron chi connectivity index (χ1n) is 13.7. The molecule has 43 heavy (non-hydrogen) atoms. The number of fused-ring (bicyclic) bond motifs is 3. The number of nitrogens with two attached hydrogens (primary N) is 1. The van der Waals surface area contributed by atoms with Crippen LogP contribution in [-0.4, -0.2) is 90.0 Å². The van der Waals surface area contributed by atoms with Gasteiger partial charge in [-0.1, -0.05) is 18.2 Å². The molecule has 0 aliphatic heterocycles. The van der Waals surface area contributed by atoms with Crippen LogP contribution in [0.1, 0.15) is 22.3 Å². The van der Waals surface area contributed by atoms with E-state index in [-0.39, 0.29) is 24.1 Å². The molecule has 0 spiro atoms. The van der Waals surface area contributed by atoms with Gasteiger partial charge in [0, 0.05) is 31.4 Å². The fourth-order valence-corrected chi connectivity index (χ4v) is 6.95. The monoisotopic (exact) mass is 591 g/mol. The molecule has 2 saturated carbocycles. The molecule has 5 rings (SSSR count). The van der Waals surface area contributed by atoms with Crippen LogP contribution in [0.25, 0.3) is 0 Å². The van der Waals surface area contributed by atoms with Gasteiger partial charge in [0.05, 0.1) is 23.2 Å². The van der Waals surface area contributed by atoms with E-state index in [4.69, 9.17) is 5.73 Å². The lowest BCUT2D eigenvalue weighted by Gasteiger charge is -2.52. The Hall–Kier alpha value is -4.62. The van der Waals surface area contributed by atoms with Crippen molar-refractivity contribution >= 4 is 52.1 Å². The quantitative estimate of drug-likeness (QED) is 0.242. The van der Waals surface area contributed by atoms with Gasteiger partial charge in [-0.25, -0.2) is 4.79 Å². The van der Waals surface area contributed by atoms with Crippen LogP contribution in [0.15, 0.2) is 36.4 Å². The molecule has 2 fully saturated rings. The highest BCUT2D eigenvalue weighted by Gasteiger charge is 2.69. The van der Waals surface area contributed by atoms with Crippen molar-refractivity contribution in [1.29, 1.82) is 0 Å². The van der Waals surface area contributed by atoms with Gasteiger partial charge in [-0.15, -0.1) is 0 Å². The van der Waals surface area contributed by atoms with Gasteiger partial charge in [-0.3, -0.25) is 28.9 Å². The summed E-state index contributed by atoms with van der Waals surface area (Å²) in [7, 11) is 6.48. The number of likely N-dealkylation sites (N-methyl/N-ethyl adjacent to an activating group) is 1. The van der Waals surface area contributed by atoms with Crippen LogP contribution < -0.4 is 21.3 Å². The molecule has 3 aliphatic carbocycles. The number of ketones is 4. The number of benzene rings is 2. The maximum atomic E-state index is 14.1. The fraction of sp³-hybridized carbons (Fsp3) is 0.400. The van der Waals surface area contributed by atoms with Crippen molar-refractivity contribution in [2.75, 3.05) is 43.7 Å². The number of hydrogen-bond donors (Lipinski definition) is 5. The predicted octanol–water partition coefficient (Wildman–Crippen LogP) is 0.577. The van der Waals surface area contributed by atoms with Crippen LogP contribution in [0, 0.1) is 23.7 Å². The maximum Gasteiger partial charge on any atom is 0.323 e. The van der Waals surface area contributed by atoms with Crippen LogP contribution >= 0.6 is 0 Å². The van der Waals surface area contributed by atoms with E-state index in [1.54, 1.807) is 49.3 Å². The van der Waals surface area contributed by atoms with Gasteiger partial charge in [0.2, 0.25) is 5.91 Å². The zero-order valence-corrected chi connectivity index (χ0v) is 24.1. The van der Waals surface area contributed by atoms with E-state index in [2.05, 4.69) is 10.6 Å². The minimum atomic E-state index is -2.82. The Bertz CT molecular complexity index is 1570. The highest BCUT2D eigenvalue weighted by molar-refractivity contribution is 6.32. The summed E-state index contributed by atoms with van der Waals surface area (Å²) >= 11 is 0. The molecule has 0 aromatic heterocycles. The molecule has 0 radical (unpaired) electrons. The number of aliphatic hydroxyl groups is 1. The third-order valence-electron chi connectivity index (χ3n) is 8.80. The lowest BCUT2D eigenvalue weighted by Crippen LogP contribution is -2.74. The SMILES string of the molecule is CN(C)c1cc(NC(=O)Nc2ccccc2)c(O)c2c1C[C@H]1C[C@H]3[C@@H](N(C)C)C(=O)C(C(N)=O)C(=O)[C@@]3(O)C(=O)C1C2=O. The van der Waals surface area contributed by atoms with Crippen molar-refractivity contribution in [2.45, 2.75) is 24.5 Å². The van der Waals surface area contributed by atoms with Crippen LogP contribution in [0.3, 0.4) is 0 Å². The number of primary amides is 1. The van der Waals surface area contributed by atoms with Crippen molar-refractivity contribution in [3.8, 4) is 5.75 Å². The molecule has 2 unspecified atom stereocenters. The van der Waals surface area contributed by atoms with Gasteiger partial charge in [-0.05, 0) is 56.6 Å². The van der Waals surface area contributed by atoms with Crippen LogP contribution in [0.4, 0.5) is 21.9 Å². The van der Waals surface area contributed by atoms with Gasteiger partial charge >= 0.3 is 6.03 Å². The highest BCUT2D eigenvalue weighted by atomic mass is 16.3. The number of hydrogen-bond acceptors (Lipinski definition) is 10. The molecule has 13 nitrogen and oxygen atoms in total. The lowest BCUT2D eigenvalue weighted by atomic mass is 9.52. The van der Waals surface area contributed by atoms with Crippen molar-refractivity contribution < 1.29 is 39.0 Å². The van der Waals surface area contributed by atoms with E-state index in [1.165, 1.54) is 25.1 Å². The Kier molecular flexibility index (Phi) is 7.35. The molecular formula is C30H33N5O8. The molecule has 0 bridgehead atoms. The number of amides is 3. The summed E-state index contributed by atoms with van der Waals surface area (Å²) in [4.78, 5) is 82.9. The number of para-hydroxylation sites is 1. The largest absolute Gasteiger partial charge is 0.505 e. The van der Waals surface area contributed by atoms with Crippen molar-refractivity contribution in [3.63, 3.8) is 0 Å². The summed E-state index contributed by atoms with van der Waals surface area (Å²) in [6.45, 7) is 0. The van der Waals surface area contributed by atoms with Crippen molar-refractivity contribution in [1.82, 2.24) is 4.90 Å². The Morgan fingerprint density at radius 1 is 1.00 bits per heavy atom. The lowest BCUT2D eigenvalue weighted by molar-refractivity contribution is -0.181. The van der Waals surface area contributed by atoms with Gasteiger partial charge < -0.3 is 31.5 Å². The van der Waals surface area contributed by atoms with E-state index in [1.807, 2.05) is 0 Å². The van der Waals surface area contributed by atoms with Crippen molar-refractivity contribution in [3.05, 3.63) is 47.5 Å². The standard InChI is InChI=1S/C30H33N5O8/c1-34(2)18-12-17(33-29(42)32-14-8-6-5-7-9-14)23(36)20-15(18)10-13-11-16-22(35(3)4)25(38)21(28(31)41)27(40)30(16,43)26(39)19(13)24(20)37/h5-9,12-13,16,19,21-22,36,43H,10-11H2,1-4H3,(H2,31,41)(H2,32,33,42)/t13-,16-,19?,21?,22+,30-/m0/s1. The first-order valence-corrected chi connectivity index (χ1v) is 13.7. The molecule has 6 N–H and O–H groups in total. The predicted molar refractivity (Wildman–Crippen MR) is 155 cm³/mol. The number of urea groups is 1. The van der Waals surface area contributed by atoms with Gasteiger partial charge in [0.1, 0.15) is 5.75 Å². The van der Waals surface area contributed by atoms with Crippen molar-refractivity contribution in [2.24, 2.45) is 29.4 Å². The molecule has 2 aromatic carbocycles. The average molecular weight is 592 g/mol. The zero-order valence-electron chi connectivity index (χ0n) is 24.1. The normalized spacial score (nSPS) is 28.1. The molecule has 226 valence electrons. The zero-order chi connectivity index (χ0) is 31.5. The average Bonchev–Trinajstić information content (AvgIpc) is 2.92. The smallest absolute Gasteiger partial charge is 0.323 e. The van der Waals surface area contributed by atoms with E-state index in [0.29, 0.717) is 16.9 Å². The molecule has 3 amide bonds. The first kappa shape index (κ1) is 29.9. The Morgan fingerprint density at radius 2 is 1.65 bits per heavy atom. The van der Waals surface area contributed by atoms with Crippen LogP contribution in [0.5, 0.6) is 5.75 Å². The maximum absolute atomic E-state index is 14.1. The number of nitrogens with zero attached hydrogens (tertiary/aromatic N) is 2. The molecule has 3 aliphatic rings. The molecule has 13 heteroatoms. The van der Waals surface area contributed by atoms with E-state index in [0.717, 1.165) is 0 Å². The van der Waals surface area contributed by atoms with Crippen LogP contribution in [0.2, 0.25) is 0 Å². The molecule has 0 heterocycles. The summed E-state index contributed by atoms with van der Waals surface area (Å²) in [6, 6.07) is 8.20. The number of phenolic OH excluding ortho intramolecular Hbond substituents is 1. The number of nitrogens with one attached hydrogen (secondary N) is 2. The number of anilines is 3. The Labute approximate surface area is 247 Å². The minimum Gasteiger partial charge on any atom is -0.505 e. The minimum absolute atomic E-state index is 0.0585. The summed E-state index contributed by atoms with van der Waals surface area (Å²) in [5, 5.41) is 28.2. The van der Waals surface area contributed by atoms with Gasteiger partial charge in [0.25, 0.3) is 0 Å². The third kappa shape index (κ3) is 4.55. The highest BCUT2D eigenvalue weighted by Crippen LogP contribution is 2.52. The Morgan fingerprint density at radius 3 is 2.23 bits per heavy atom. The Balaban J connectivity index is 1.58. The van der Waals surface area contributed by atoms with E-state index >= 15 is 0 Å². The topological polar surface area (TPSA) is 199 Å². The number of phenols is 1. The molecular weight excluding hydrogens is 558 g/mol. The number of aromatic hydroxyl groups is 1. The molecule has 6 atom stereocenters. The molecule has 2 aromatic rings. The van der Waals surface area contributed by atoms with Crippen LogP contribution in [-0.2, 0) is 25.6 Å². The van der Waals surface area contributed by atoms with E-state index in [9.17, 15) is 39.0 Å². The number of carbonyl (C=O) groups excluding carboxylic acids is 6. The summed E-state index contributed by atoms with van der Waals surface area (Å²) in [5.74, 6) is -11.5. The second kappa shape index (κ2) is 10.6. The first-order chi connectivity index (χ1) is 20.2. The summed E-state index contributed by atoms with van der Waals surface area (Å²) in [5.41, 5.74) is 3.64. The van der Waals surface area contributed by atoms with Gasteiger partial charge in [0.15, 0.2) is 34.7 Å². The molecule has 0 saturated heterocycles. The van der Waals surface area contributed by atoms with Gasteiger partial charge in [-0.2, -0.15) is 0 Å². The number of carbonyl (C=O) groups is 6. The second-order valence-corrected chi connectivity index (χ2v) is 11.8.